The van der Waals surface area contributed by atoms with Gasteiger partial charge in [0.25, 0.3) is 0 Å². The molecule has 156 valence electrons. The van der Waals surface area contributed by atoms with E-state index in [1.165, 1.54) is 4.70 Å². The standard InChI is InChI=1S/C27H23BN2OS/c1-30(2)22-17-18-25(23(19-22)27-29-24-15-9-10-16-26(24)32-27)31-28(20-11-5-3-6-12-20)21-13-7-4-8-14-21/h3-19H,1-2H3. The van der Waals surface area contributed by atoms with E-state index in [0.29, 0.717) is 0 Å². The summed E-state index contributed by atoms with van der Waals surface area (Å²) >= 11 is 1.69. The smallest absolute Gasteiger partial charge is 0.426 e. The van der Waals surface area contributed by atoms with Gasteiger partial charge >= 0.3 is 6.92 Å². The molecule has 32 heavy (non-hydrogen) atoms. The molecule has 0 bridgehead atoms. The highest BCUT2D eigenvalue weighted by Gasteiger charge is 2.25. The Balaban J connectivity index is 1.63. The lowest BCUT2D eigenvalue weighted by atomic mass is 9.55. The zero-order valence-electron chi connectivity index (χ0n) is 18.1. The van der Waals surface area contributed by atoms with Crippen LogP contribution in [0.25, 0.3) is 20.8 Å². The minimum Gasteiger partial charge on any atom is -0.551 e. The van der Waals surface area contributed by atoms with Gasteiger partial charge in [0.15, 0.2) is 0 Å². The molecule has 5 rings (SSSR count). The first-order valence-electron chi connectivity index (χ1n) is 10.6. The molecule has 4 aromatic carbocycles. The summed E-state index contributed by atoms with van der Waals surface area (Å²) in [5, 5.41) is 0.963. The third-order valence-electron chi connectivity index (χ3n) is 5.45. The van der Waals surface area contributed by atoms with Crippen LogP contribution in [0.3, 0.4) is 0 Å². The minimum absolute atomic E-state index is 0.212. The van der Waals surface area contributed by atoms with Crippen LogP contribution >= 0.6 is 11.3 Å². The molecule has 0 saturated carbocycles. The number of thiazole rings is 1. The Morgan fingerprint density at radius 2 is 1.38 bits per heavy atom. The Morgan fingerprint density at radius 3 is 2.00 bits per heavy atom. The van der Waals surface area contributed by atoms with Crippen molar-refractivity contribution in [2.45, 2.75) is 0 Å². The van der Waals surface area contributed by atoms with E-state index in [-0.39, 0.29) is 6.92 Å². The van der Waals surface area contributed by atoms with Gasteiger partial charge in [-0.1, -0.05) is 72.8 Å². The number of nitrogens with zero attached hydrogens (tertiary/aromatic N) is 2. The topological polar surface area (TPSA) is 25.4 Å². The zero-order valence-corrected chi connectivity index (χ0v) is 18.9. The molecule has 5 aromatic rings. The molecule has 1 heterocycles. The first-order chi connectivity index (χ1) is 15.7. The molecule has 3 nitrogen and oxygen atoms in total. The summed E-state index contributed by atoms with van der Waals surface area (Å²) in [6, 6.07) is 35.3. The number of anilines is 1. The Bertz CT molecular complexity index is 1260. The first kappa shape index (κ1) is 20.3. The highest BCUT2D eigenvalue weighted by molar-refractivity contribution is 7.21. The van der Waals surface area contributed by atoms with Gasteiger partial charge in [0.2, 0.25) is 0 Å². The molecule has 0 N–H and O–H groups in total. The molecule has 0 saturated heterocycles. The predicted molar refractivity (Wildman–Crippen MR) is 138 cm³/mol. The number of para-hydroxylation sites is 1. The fraction of sp³-hybridized carbons (Fsp3) is 0.0741. The van der Waals surface area contributed by atoms with E-state index in [2.05, 4.69) is 104 Å². The third-order valence-corrected chi connectivity index (χ3v) is 6.52. The van der Waals surface area contributed by atoms with Crippen molar-refractivity contribution in [3.63, 3.8) is 0 Å². The molecule has 0 fully saturated rings. The zero-order chi connectivity index (χ0) is 21.9. The number of aromatic nitrogens is 1. The summed E-state index contributed by atoms with van der Waals surface area (Å²) < 4.78 is 7.92. The summed E-state index contributed by atoms with van der Waals surface area (Å²) in [5.74, 6) is 0.826. The quantitative estimate of drug-likeness (QED) is 0.343. The van der Waals surface area contributed by atoms with E-state index < -0.39 is 0 Å². The SMILES string of the molecule is CN(C)c1ccc(OB(c2ccccc2)c2ccccc2)c(-c2nc3ccccc3s2)c1. The van der Waals surface area contributed by atoms with E-state index in [1.807, 2.05) is 18.2 Å². The van der Waals surface area contributed by atoms with Crippen LogP contribution in [0.4, 0.5) is 5.69 Å². The number of hydrogen-bond acceptors (Lipinski definition) is 4. The fourth-order valence-corrected chi connectivity index (χ4v) is 4.75. The maximum atomic E-state index is 6.75. The third kappa shape index (κ3) is 4.12. The van der Waals surface area contributed by atoms with Crippen molar-refractivity contribution in [2.24, 2.45) is 0 Å². The Hall–Kier alpha value is -3.57. The molecule has 5 heteroatoms. The van der Waals surface area contributed by atoms with Crippen LogP contribution in [0.15, 0.2) is 103 Å². The summed E-state index contributed by atoms with van der Waals surface area (Å²) in [6.45, 7) is -0.212. The summed E-state index contributed by atoms with van der Waals surface area (Å²) in [7, 11) is 4.10. The van der Waals surface area contributed by atoms with E-state index in [1.54, 1.807) is 11.3 Å². The van der Waals surface area contributed by atoms with Crippen LogP contribution in [0.2, 0.25) is 0 Å². The van der Waals surface area contributed by atoms with Gasteiger partial charge in [0.1, 0.15) is 10.8 Å². The monoisotopic (exact) mass is 434 g/mol. The van der Waals surface area contributed by atoms with Gasteiger partial charge in [0.05, 0.1) is 15.8 Å². The maximum absolute atomic E-state index is 6.75. The minimum atomic E-state index is -0.212. The van der Waals surface area contributed by atoms with Crippen LogP contribution in [-0.2, 0) is 0 Å². The predicted octanol–water partition coefficient (Wildman–Crippen LogP) is 5.21. The van der Waals surface area contributed by atoms with Gasteiger partial charge in [0, 0.05) is 19.8 Å². The molecular formula is C27H23BN2OS. The van der Waals surface area contributed by atoms with Gasteiger partial charge in [-0.3, -0.25) is 0 Å². The van der Waals surface area contributed by atoms with Crippen molar-refractivity contribution in [3.8, 4) is 16.3 Å². The second-order valence-corrected chi connectivity index (χ2v) is 8.91. The summed E-state index contributed by atoms with van der Waals surface area (Å²) in [6.07, 6.45) is 0. The van der Waals surface area contributed by atoms with Crippen molar-refractivity contribution in [3.05, 3.63) is 103 Å². The number of fused-ring (bicyclic) bond motifs is 1. The largest absolute Gasteiger partial charge is 0.551 e. The molecule has 0 unspecified atom stereocenters. The van der Waals surface area contributed by atoms with Crippen LogP contribution in [0, 0.1) is 0 Å². The Morgan fingerprint density at radius 1 is 0.750 bits per heavy atom. The van der Waals surface area contributed by atoms with Gasteiger partial charge in [-0.15, -0.1) is 11.3 Å². The van der Waals surface area contributed by atoms with Crippen LogP contribution in [0.5, 0.6) is 5.75 Å². The van der Waals surface area contributed by atoms with Crippen molar-refractivity contribution in [2.75, 3.05) is 19.0 Å². The highest BCUT2D eigenvalue weighted by atomic mass is 32.1. The molecule has 0 spiro atoms. The van der Waals surface area contributed by atoms with Crippen LogP contribution in [-0.4, -0.2) is 26.0 Å². The Kier molecular flexibility index (Phi) is 5.65. The van der Waals surface area contributed by atoms with Crippen molar-refractivity contribution >= 4 is 45.1 Å². The van der Waals surface area contributed by atoms with Crippen molar-refractivity contribution in [1.82, 2.24) is 4.98 Å². The summed E-state index contributed by atoms with van der Waals surface area (Å²) in [4.78, 5) is 7.02. The normalized spacial score (nSPS) is 10.8. The van der Waals surface area contributed by atoms with Gasteiger partial charge in [-0.05, 0) is 41.3 Å². The van der Waals surface area contributed by atoms with Crippen LogP contribution in [0.1, 0.15) is 0 Å². The average Bonchev–Trinajstić information content (AvgIpc) is 3.28. The average molecular weight is 434 g/mol. The number of rotatable bonds is 6. The van der Waals surface area contributed by atoms with E-state index >= 15 is 0 Å². The molecule has 0 aliphatic heterocycles. The second-order valence-electron chi connectivity index (χ2n) is 7.88. The van der Waals surface area contributed by atoms with Crippen molar-refractivity contribution in [1.29, 1.82) is 0 Å². The molecule has 0 amide bonds. The summed E-state index contributed by atoms with van der Waals surface area (Å²) in [5.41, 5.74) is 5.37. The molecule has 1 aromatic heterocycles. The molecule has 0 aliphatic rings. The Labute approximate surface area is 193 Å². The first-order valence-corrected chi connectivity index (χ1v) is 11.4. The van der Waals surface area contributed by atoms with Crippen molar-refractivity contribution < 1.29 is 4.65 Å². The van der Waals surface area contributed by atoms with E-state index in [0.717, 1.165) is 38.5 Å². The fourth-order valence-electron chi connectivity index (χ4n) is 3.76. The molecule has 0 radical (unpaired) electrons. The van der Waals surface area contributed by atoms with Gasteiger partial charge in [-0.25, -0.2) is 4.98 Å². The second kappa shape index (κ2) is 8.89. The lowest BCUT2D eigenvalue weighted by molar-refractivity contribution is 0.594. The van der Waals surface area contributed by atoms with E-state index in [4.69, 9.17) is 9.64 Å². The lowest BCUT2D eigenvalue weighted by Crippen LogP contribution is -2.47. The number of hydrogen-bond donors (Lipinski definition) is 0. The molecular weight excluding hydrogens is 411 g/mol. The molecule has 0 aliphatic carbocycles. The lowest BCUT2D eigenvalue weighted by Gasteiger charge is -2.21. The highest BCUT2D eigenvalue weighted by Crippen LogP contribution is 2.38. The number of benzene rings is 4. The van der Waals surface area contributed by atoms with Gasteiger partial charge in [-0.2, -0.15) is 0 Å². The maximum Gasteiger partial charge on any atom is 0.426 e. The van der Waals surface area contributed by atoms with Crippen LogP contribution < -0.4 is 20.5 Å². The van der Waals surface area contributed by atoms with Gasteiger partial charge < -0.3 is 9.55 Å². The van der Waals surface area contributed by atoms with E-state index in [9.17, 15) is 0 Å². The molecule has 0 atom stereocenters.